The van der Waals surface area contributed by atoms with E-state index in [1.165, 1.54) is 24.8 Å². The summed E-state index contributed by atoms with van der Waals surface area (Å²) in [6, 6.07) is 10.9. The number of nitrogens with one attached hydrogen (secondary N) is 2. The fraction of sp³-hybridized carbons (Fsp3) is 0.588. The standard InChI is InChI=1S/C17H25N3O/c1-20(14-10-6-3-7-11-14)17(21)16-12-15(18-19-16)13-8-4-2-5-9-13/h2,4-5,8-9,14-16,18-19H,3,6-7,10-12H2,1H3. The van der Waals surface area contributed by atoms with Crippen molar-refractivity contribution in [1.29, 1.82) is 0 Å². The van der Waals surface area contributed by atoms with Gasteiger partial charge in [-0.15, -0.1) is 0 Å². The normalized spacial score (nSPS) is 26.7. The van der Waals surface area contributed by atoms with Crippen LogP contribution in [-0.2, 0) is 4.79 Å². The molecule has 4 nitrogen and oxygen atoms in total. The van der Waals surface area contributed by atoms with E-state index in [2.05, 4.69) is 23.0 Å². The number of likely N-dealkylation sites (N-methyl/N-ethyl adjacent to an activating group) is 1. The van der Waals surface area contributed by atoms with E-state index in [1.54, 1.807) is 0 Å². The molecule has 1 aromatic carbocycles. The zero-order chi connectivity index (χ0) is 14.7. The van der Waals surface area contributed by atoms with E-state index in [9.17, 15) is 4.79 Å². The molecule has 2 aliphatic rings. The number of carbonyl (C=O) groups excluding carboxylic acids is 1. The van der Waals surface area contributed by atoms with Crippen LogP contribution in [-0.4, -0.2) is 29.9 Å². The van der Waals surface area contributed by atoms with E-state index in [0.717, 1.165) is 19.3 Å². The summed E-state index contributed by atoms with van der Waals surface area (Å²) < 4.78 is 0. The Hall–Kier alpha value is -1.39. The molecule has 0 spiro atoms. The Morgan fingerprint density at radius 1 is 1.10 bits per heavy atom. The van der Waals surface area contributed by atoms with Gasteiger partial charge >= 0.3 is 0 Å². The van der Waals surface area contributed by atoms with Gasteiger partial charge in [-0.2, -0.15) is 0 Å². The molecule has 0 radical (unpaired) electrons. The molecule has 0 bridgehead atoms. The lowest BCUT2D eigenvalue weighted by molar-refractivity contribution is -0.134. The van der Waals surface area contributed by atoms with Gasteiger partial charge in [0, 0.05) is 19.1 Å². The highest BCUT2D eigenvalue weighted by Crippen LogP contribution is 2.26. The minimum Gasteiger partial charge on any atom is -0.341 e. The van der Waals surface area contributed by atoms with Crippen molar-refractivity contribution >= 4 is 5.91 Å². The molecule has 2 atom stereocenters. The van der Waals surface area contributed by atoms with Crippen LogP contribution in [0, 0.1) is 0 Å². The lowest BCUT2D eigenvalue weighted by Crippen LogP contribution is -2.48. The summed E-state index contributed by atoms with van der Waals surface area (Å²) in [5.74, 6) is 0.229. The summed E-state index contributed by atoms with van der Waals surface area (Å²) in [5, 5.41) is 0. The molecule has 1 aliphatic carbocycles. The Labute approximate surface area is 126 Å². The first-order valence-corrected chi connectivity index (χ1v) is 8.08. The minimum absolute atomic E-state index is 0.109. The van der Waals surface area contributed by atoms with Crippen LogP contribution in [0.4, 0.5) is 0 Å². The number of nitrogens with zero attached hydrogens (tertiary/aromatic N) is 1. The first kappa shape index (κ1) is 14.5. The Morgan fingerprint density at radius 2 is 1.81 bits per heavy atom. The number of hydrogen-bond acceptors (Lipinski definition) is 3. The fourth-order valence-electron chi connectivity index (χ4n) is 3.52. The van der Waals surface area contributed by atoms with Crippen LogP contribution in [0.5, 0.6) is 0 Å². The maximum Gasteiger partial charge on any atom is 0.241 e. The quantitative estimate of drug-likeness (QED) is 0.897. The molecule has 1 heterocycles. The summed E-state index contributed by atoms with van der Waals surface area (Å²) in [4.78, 5) is 14.6. The first-order chi connectivity index (χ1) is 10.3. The van der Waals surface area contributed by atoms with Crippen molar-refractivity contribution in [3.05, 3.63) is 35.9 Å². The Bertz CT molecular complexity index is 470. The third-order valence-electron chi connectivity index (χ3n) is 4.87. The summed E-state index contributed by atoms with van der Waals surface area (Å²) in [6.07, 6.45) is 6.96. The number of amides is 1. The Balaban J connectivity index is 1.59. The average molecular weight is 287 g/mol. The second kappa shape index (κ2) is 6.58. The third kappa shape index (κ3) is 3.27. The van der Waals surface area contributed by atoms with Crippen molar-refractivity contribution < 1.29 is 4.79 Å². The second-order valence-electron chi connectivity index (χ2n) is 6.28. The van der Waals surface area contributed by atoms with Crippen LogP contribution < -0.4 is 10.9 Å². The van der Waals surface area contributed by atoms with Crippen molar-refractivity contribution in [1.82, 2.24) is 15.8 Å². The van der Waals surface area contributed by atoms with Crippen LogP contribution in [0.2, 0.25) is 0 Å². The van der Waals surface area contributed by atoms with Gasteiger partial charge < -0.3 is 4.90 Å². The molecule has 3 rings (SSSR count). The predicted molar refractivity (Wildman–Crippen MR) is 83.5 cm³/mol. The topological polar surface area (TPSA) is 44.4 Å². The Morgan fingerprint density at radius 3 is 2.52 bits per heavy atom. The summed E-state index contributed by atoms with van der Waals surface area (Å²) in [5.41, 5.74) is 7.68. The summed E-state index contributed by atoms with van der Waals surface area (Å²) in [7, 11) is 1.97. The van der Waals surface area contributed by atoms with Crippen molar-refractivity contribution in [2.24, 2.45) is 0 Å². The van der Waals surface area contributed by atoms with Crippen LogP contribution in [0.3, 0.4) is 0 Å². The monoisotopic (exact) mass is 287 g/mol. The van der Waals surface area contributed by atoms with Gasteiger partial charge in [0.25, 0.3) is 0 Å². The van der Waals surface area contributed by atoms with E-state index in [0.29, 0.717) is 6.04 Å². The molecule has 2 N–H and O–H groups in total. The lowest BCUT2D eigenvalue weighted by Gasteiger charge is -2.32. The van der Waals surface area contributed by atoms with Gasteiger partial charge in [0.1, 0.15) is 6.04 Å². The predicted octanol–water partition coefficient (Wildman–Crippen LogP) is 2.39. The lowest BCUT2D eigenvalue weighted by atomic mass is 9.93. The van der Waals surface area contributed by atoms with E-state index in [4.69, 9.17) is 0 Å². The molecule has 2 unspecified atom stereocenters. The molecule has 21 heavy (non-hydrogen) atoms. The van der Waals surface area contributed by atoms with Gasteiger partial charge in [-0.1, -0.05) is 49.6 Å². The minimum atomic E-state index is -0.109. The van der Waals surface area contributed by atoms with Gasteiger partial charge in [0.2, 0.25) is 5.91 Å². The number of benzene rings is 1. The summed E-state index contributed by atoms with van der Waals surface area (Å²) in [6.45, 7) is 0. The Kier molecular flexibility index (Phi) is 4.56. The molecule has 1 amide bonds. The van der Waals surface area contributed by atoms with Crippen molar-refractivity contribution in [3.63, 3.8) is 0 Å². The van der Waals surface area contributed by atoms with Crippen molar-refractivity contribution in [2.75, 3.05) is 7.05 Å². The van der Waals surface area contributed by atoms with Crippen LogP contribution in [0.15, 0.2) is 30.3 Å². The van der Waals surface area contributed by atoms with Crippen LogP contribution >= 0.6 is 0 Å². The third-order valence-corrected chi connectivity index (χ3v) is 4.87. The maximum absolute atomic E-state index is 12.6. The average Bonchev–Trinajstić information content (AvgIpc) is 3.05. The molecule has 4 heteroatoms. The highest BCUT2D eigenvalue weighted by molar-refractivity contribution is 5.82. The molecule has 1 aliphatic heterocycles. The molecule has 0 aromatic heterocycles. The van der Waals surface area contributed by atoms with Crippen molar-refractivity contribution in [3.8, 4) is 0 Å². The number of hydrazine groups is 1. The zero-order valence-corrected chi connectivity index (χ0v) is 12.7. The number of carbonyl (C=O) groups is 1. The largest absolute Gasteiger partial charge is 0.341 e. The molecule has 1 saturated heterocycles. The van der Waals surface area contributed by atoms with E-state index < -0.39 is 0 Å². The van der Waals surface area contributed by atoms with Gasteiger partial charge in [-0.25, -0.2) is 10.9 Å². The number of rotatable bonds is 3. The van der Waals surface area contributed by atoms with E-state index >= 15 is 0 Å². The highest BCUT2D eigenvalue weighted by atomic mass is 16.2. The molecule has 2 fully saturated rings. The smallest absolute Gasteiger partial charge is 0.241 e. The number of hydrogen-bond donors (Lipinski definition) is 2. The SMILES string of the molecule is CN(C(=O)C1CC(c2ccccc2)NN1)C1CCCCC1. The van der Waals surface area contributed by atoms with Crippen LogP contribution in [0.25, 0.3) is 0 Å². The first-order valence-electron chi connectivity index (χ1n) is 8.08. The van der Waals surface area contributed by atoms with Crippen LogP contribution in [0.1, 0.15) is 50.1 Å². The van der Waals surface area contributed by atoms with Gasteiger partial charge in [0.15, 0.2) is 0 Å². The molecular formula is C17H25N3O. The van der Waals surface area contributed by atoms with Gasteiger partial charge in [-0.05, 0) is 24.8 Å². The highest BCUT2D eigenvalue weighted by Gasteiger charge is 2.34. The zero-order valence-electron chi connectivity index (χ0n) is 12.7. The van der Waals surface area contributed by atoms with Gasteiger partial charge in [0.05, 0.1) is 0 Å². The second-order valence-corrected chi connectivity index (χ2v) is 6.28. The molecule has 1 saturated carbocycles. The van der Waals surface area contributed by atoms with E-state index in [1.807, 2.05) is 30.1 Å². The molecule has 1 aromatic rings. The van der Waals surface area contributed by atoms with Gasteiger partial charge in [-0.3, -0.25) is 4.79 Å². The fourth-order valence-corrected chi connectivity index (χ4v) is 3.52. The van der Waals surface area contributed by atoms with E-state index in [-0.39, 0.29) is 18.0 Å². The summed E-state index contributed by atoms with van der Waals surface area (Å²) >= 11 is 0. The molecule has 114 valence electrons. The maximum atomic E-state index is 12.6. The van der Waals surface area contributed by atoms with Crippen molar-refractivity contribution in [2.45, 2.75) is 56.7 Å². The molecular weight excluding hydrogens is 262 g/mol.